The first-order chi connectivity index (χ1) is 15.5. The zero-order valence-electron chi connectivity index (χ0n) is 20.3. The zero-order valence-corrected chi connectivity index (χ0v) is 20.3. The van der Waals surface area contributed by atoms with Crippen LogP contribution in [0.5, 0.6) is 0 Å². The number of esters is 2. The van der Waals surface area contributed by atoms with Gasteiger partial charge in [-0.15, -0.1) is 0 Å². The number of ether oxygens (including phenoxy) is 1. The Morgan fingerprint density at radius 3 is 1.22 bits per heavy atom. The topological polar surface area (TPSA) is 97.7 Å². The number of unbranched alkanes of at least 4 members (excludes halogenated alkanes) is 18. The lowest BCUT2D eigenvalue weighted by atomic mass is 10.0. The number of hydrogen-bond donors (Lipinski definition) is 1. The molecule has 0 amide bonds. The summed E-state index contributed by atoms with van der Waals surface area (Å²) >= 11 is 0. The predicted octanol–water partition coefficient (Wildman–Crippen LogP) is 6.92. The van der Waals surface area contributed by atoms with Crippen molar-refractivity contribution in [1.82, 2.24) is 0 Å². The highest BCUT2D eigenvalue weighted by Crippen LogP contribution is 2.15. The molecule has 0 aliphatic heterocycles. The smallest absolute Gasteiger partial charge is 0.372 e. The first-order valence-electron chi connectivity index (χ1n) is 13.0. The van der Waals surface area contributed by atoms with Crippen LogP contribution in [0.3, 0.4) is 0 Å². The summed E-state index contributed by atoms with van der Waals surface area (Å²) in [4.78, 5) is 43.9. The number of aliphatic carboxylic acids is 1. The second-order valence-electron chi connectivity index (χ2n) is 8.87. The summed E-state index contributed by atoms with van der Waals surface area (Å²) in [5, 5.41) is 8.40. The van der Waals surface area contributed by atoms with Crippen molar-refractivity contribution in [3.8, 4) is 0 Å². The Morgan fingerprint density at radius 2 is 0.875 bits per heavy atom. The van der Waals surface area contributed by atoms with Crippen molar-refractivity contribution in [3.63, 3.8) is 0 Å². The van der Waals surface area contributed by atoms with Gasteiger partial charge in [0.2, 0.25) is 0 Å². The second kappa shape index (κ2) is 22.5. The highest BCUT2D eigenvalue weighted by atomic mass is 16.6. The molecule has 0 aliphatic rings. The highest BCUT2D eigenvalue weighted by Gasteiger charge is 2.19. The molecule has 0 saturated carbocycles. The molecule has 6 heteroatoms. The maximum atomic E-state index is 11.5. The summed E-state index contributed by atoms with van der Waals surface area (Å²) in [7, 11) is 0. The summed E-state index contributed by atoms with van der Waals surface area (Å²) in [6.07, 6.45) is 23.4. The average Bonchev–Trinajstić information content (AvgIpc) is 2.75. The van der Waals surface area contributed by atoms with Crippen LogP contribution >= 0.6 is 0 Å². The second-order valence-corrected chi connectivity index (χ2v) is 8.87. The first-order valence-corrected chi connectivity index (χ1v) is 13.0. The number of hydrogen-bond acceptors (Lipinski definition) is 5. The van der Waals surface area contributed by atoms with Crippen LogP contribution < -0.4 is 0 Å². The van der Waals surface area contributed by atoms with Gasteiger partial charge in [-0.05, 0) is 6.42 Å². The van der Waals surface area contributed by atoms with E-state index >= 15 is 0 Å². The van der Waals surface area contributed by atoms with Crippen LogP contribution in [0.25, 0.3) is 0 Å². The molecule has 0 saturated heterocycles. The molecule has 1 N–H and O–H groups in total. The summed E-state index contributed by atoms with van der Waals surface area (Å²) in [6, 6.07) is 0. The minimum atomic E-state index is -1.70. The number of rotatable bonds is 23. The van der Waals surface area contributed by atoms with Crippen LogP contribution in [0.4, 0.5) is 0 Å². The van der Waals surface area contributed by atoms with Gasteiger partial charge in [0.15, 0.2) is 0 Å². The highest BCUT2D eigenvalue weighted by molar-refractivity contribution is 6.36. The van der Waals surface area contributed by atoms with Crippen molar-refractivity contribution in [3.05, 3.63) is 0 Å². The van der Waals surface area contributed by atoms with Gasteiger partial charge in [-0.25, -0.2) is 4.79 Å². The van der Waals surface area contributed by atoms with Gasteiger partial charge in [-0.2, -0.15) is 0 Å². The van der Waals surface area contributed by atoms with Crippen LogP contribution in [-0.2, 0) is 23.9 Å². The number of Topliss-reactive ketones (excluding diaryl/α,β-unsaturated/α-hetero) is 1. The molecule has 0 radical (unpaired) electrons. The third kappa shape index (κ3) is 21.5. The lowest BCUT2D eigenvalue weighted by Gasteiger charge is -2.04. The van der Waals surface area contributed by atoms with Gasteiger partial charge in [0, 0.05) is 6.42 Å². The van der Waals surface area contributed by atoms with E-state index in [1.807, 2.05) is 0 Å². The zero-order chi connectivity index (χ0) is 23.9. The molecule has 0 aromatic rings. The van der Waals surface area contributed by atoms with Crippen LogP contribution in [0.15, 0.2) is 0 Å². The van der Waals surface area contributed by atoms with E-state index in [0.29, 0.717) is 6.42 Å². The molecule has 0 unspecified atom stereocenters. The van der Waals surface area contributed by atoms with Crippen molar-refractivity contribution >= 4 is 23.7 Å². The Bertz CT molecular complexity index is 514. The molecular formula is C26H46O6. The van der Waals surface area contributed by atoms with Gasteiger partial charge in [-0.3, -0.25) is 14.4 Å². The van der Waals surface area contributed by atoms with E-state index in [2.05, 4.69) is 11.7 Å². The molecule has 0 aliphatic carbocycles. The summed E-state index contributed by atoms with van der Waals surface area (Å²) in [5.74, 6) is -4.76. The van der Waals surface area contributed by atoms with Crippen molar-refractivity contribution in [2.24, 2.45) is 0 Å². The monoisotopic (exact) mass is 454 g/mol. The first kappa shape index (κ1) is 30.3. The molecule has 0 spiro atoms. The third-order valence-corrected chi connectivity index (χ3v) is 5.76. The summed E-state index contributed by atoms with van der Waals surface area (Å²) < 4.78 is 4.45. The Kier molecular flexibility index (Phi) is 21.3. The van der Waals surface area contributed by atoms with Gasteiger partial charge in [0.05, 0.1) is 0 Å². The van der Waals surface area contributed by atoms with Gasteiger partial charge in [-0.1, -0.05) is 122 Å². The fourth-order valence-corrected chi connectivity index (χ4v) is 3.77. The standard InChI is InChI=1S/C26H46O6/c1-2-3-4-5-6-7-8-9-10-11-12-13-14-15-16-17-18-19-20-21-24(28)32-25(29)22-23(27)26(30)31/h2-22H2,1H3,(H,30,31). The van der Waals surface area contributed by atoms with E-state index in [4.69, 9.17) is 5.11 Å². The van der Waals surface area contributed by atoms with E-state index in [9.17, 15) is 19.2 Å². The van der Waals surface area contributed by atoms with Crippen molar-refractivity contribution in [2.45, 2.75) is 142 Å². The Balaban J connectivity index is 3.28. The van der Waals surface area contributed by atoms with Crippen LogP contribution in [0, 0.1) is 0 Å². The van der Waals surface area contributed by atoms with Crippen molar-refractivity contribution in [1.29, 1.82) is 0 Å². The molecule has 0 aromatic heterocycles. The lowest BCUT2D eigenvalue weighted by molar-refractivity contribution is -0.162. The average molecular weight is 455 g/mol. The minimum Gasteiger partial charge on any atom is -0.475 e. The number of carboxylic acid groups (broad SMARTS) is 1. The van der Waals surface area contributed by atoms with Crippen molar-refractivity contribution in [2.75, 3.05) is 0 Å². The van der Waals surface area contributed by atoms with Crippen molar-refractivity contribution < 1.29 is 29.0 Å². The number of carbonyl (C=O) groups excluding carboxylic acids is 3. The molecule has 0 aromatic carbocycles. The normalized spacial score (nSPS) is 10.8. The predicted molar refractivity (Wildman–Crippen MR) is 126 cm³/mol. The molecule has 0 bridgehead atoms. The Morgan fingerprint density at radius 1 is 0.531 bits per heavy atom. The fourth-order valence-electron chi connectivity index (χ4n) is 3.77. The van der Waals surface area contributed by atoms with E-state index in [1.54, 1.807) is 0 Å². The van der Waals surface area contributed by atoms with Crippen LogP contribution in [-0.4, -0.2) is 28.8 Å². The molecular weight excluding hydrogens is 408 g/mol. The van der Waals surface area contributed by atoms with E-state index in [0.717, 1.165) is 19.3 Å². The lowest BCUT2D eigenvalue weighted by Crippen LogP contribution is -2.20. The van der Waals surface area contributed by atoms with Gasteiger partial charge in [0.25, 0.3) is 5.78 Å². The quantitative estimate of drug-likeness (QED) is 0.0778. The minimum absolute atomic E-state index is 0.117. The Hall–Kier alpha value is -1.72. The molecule has 0 atom stereocenters. The van der Waals surface area contributed by atoms with Crippen LogP contribution in [0.1, 0.15) is 142 Å². The molecule has 6 nitrogen and oxygen atoms in total. The maximum absolute atomic E-state index is 11.5. The van der Waals surface area contributed by atoms with E-state index in [1.165, 1.54) is 96.3 Å². The molecule has 186 valence electrons. The van der Waals surface area contributed by atoms with Gasteiger partial charge in [0.1, 0.15) is 6.42 Å². The maximum Gasteiger partial charge on any atom is 0.372 e. The largest absolute Gasteiger partial charge is 0.475 e. The number of ketones is 1. The number of carbonyl (C=O) groups is 4. The third-order valence-electron chi connectivity index (χ3n) is 5.76. The van der Waals surface area contributed by atoms with Crippen LogP contribution in [0.2, 0.25) is 0 Å². The van der Waals surface area contributed by atoms with E-state index in [-0.39, 0.29) is 6.42 Å². The summed E-state index contributed by atoms with van der Waals surface area (Å²) in [6.45, 7) is 2.26. The molecule has 32 heavy (non-hydrogen) atoms. The van der Waals surface area contributed by atoms with Gasteiger partial charge < -0.3 is 9.84 Å². The van der Waals surface area contributed by atoms with E-state index < -0.39 is 30.1 Å². The summed E-state index contributed by atoms with van der Waals surface area (Å²) in [5.41, 5.74) is 0. The Labute approximate surface area is 194 Å². The number of carboxylic acids is 1. The molecule has 0 rings (SSSR count). The molecule has 0 heterocycles. The fraction of sp³-hybridized carbons (Fsp3) is 0.846. The SMILES string of the molecule is CCCCCCCCCCCCCCCCCCCCCC(=O)OC(=O)CC(=O)C(=O)O. The molecule has 0 fully saturated rings. The van der Waals surface area contributed by atoms with Gasteiger partial charge >= 0.3 is 17.9 Å².